The van der Waals surface area contributed by atoms with Crippen molar-refractivity contribution in [2.75, 3.05) is 11.9 Å². The third kappa shape index (κ3) is 11.0. The first-order valence-electron chi connectivity index (χ1n) is 14.9. The summed E-state index contributed by atoms with van der Waals surface area (Å²) in [5.41, 5.74) is 0.176. The van der Waals surface area contributed by atoms with Crippen molar-refractivity contribution < 1.29 is 23.9 Å². The fraction of sp³-hybridized carbons (Fsp3) is 0.613. The number of aryl methyl sites for hydroxylation is 1. The average molecular weight is 598 g/mol. The van der Waals surface area contributed by atoms with Gasteiger partial charge in [0.25, 0.3) is 5.91 Å². The molecule has 1 aromatic heterocycles. The van der Waals surface area contributed by atoms with E-state index in [0.29, 0.717) is 24.3 Å². The Balaban J connectivity index is 1.95. The number of carbonyl (C=O) groups excluding carboxylic acids is 3. The summed E-state index contributed by atoms with van der Waals surface area (Å²) in [6, 6.07) is 5.24. The molecule has 236 valence electrons. The molecule has 3 rings (SSSR count). The molecule has 4 N–H and O–H groups in total. The molecule has 1 fully saturated rings. The number of hydrogen-bond donors (Lipinski definition) is 4. The van der Waals surface area contributed by atoms with Crippen LogP contribution in [0, 0.1) is 12.8 Å². The maximum Gasteiger partial charge on any atom is 0.414 e. The molecule has 43 heavy (non-hydrogen) atoms. The Morgan fingerprint density at radius 2 is 1.56 bits per heavy atom. The van der Waals surface area contributed by atoms with Gasteiger partial charge in [-0.25, -0.2) is 24.5 Å². The summed E-state index contributed by atoms with van der Waals surface area (Å²) in [7, 11) is 0. The van der Waals surface area contributed by atoms with Crippen LogP contribution >= 0.6 is 0 Å². The number of nitrogens with one attached hydrogen (secondary N) is 4. The summed E-state index contributed by atoms with van der Waals surface area (Å²) in [4.78, 5) is 52.2. The fourth-order valence-corrected chi connectivity index (χ4v) is 4.50. The van der Waals surface area contributed by atoms with E-state index in [1.807, 2.05) is 39.0 Å². The lowest BCUT2D eigenvalue weighted by atomic mass is 9.90. The van der Waals surface area contributed by atoms with Crippen LogP contribution in [0.2, 0.25) is 0 Å². The van der Waals surface area contributed by atoms with E-state index in [1.54, 1.807) is 41.5 Å². The number of hydrogen-bond acceptors (Lipinski definition) is 9. The number of benzene rings is 1. The second kappa shape index (κ2) is 14.0. The summed E-state index contributed by atoms with van der Waals surface area (Å²) in [5.74, 6) is 0.469. The van der Waals surface area contributed by atoms with E-state index < -0.39 is 23.4 Å². The highest BCUT2D eigenvalue weighted by molar-refractivity contribution is 6.01. The molecule has 0 aliphatic heterocycles. The third-order valence-corrected chi connectivity index (χ3v) is 6.31. The molecule has 3 amide bonds. The van der Waals surface area contributed by atoms with Gasteiger partial charge in [0.1, 0.15) is 17.0 Å². The highest BCUT2D eigenvalue weighted by Gasteiger charge is 2.29. The number of aliphatic imine (C=N–C) groups is 1. The smallest absolute Gasteiger partial charge is 0.414 e. The van der Waals surface area contributed by atoms with Crippen molar-refractivity contribution in [3.05, 3.63) is 29.6 Å². The second-order valence-corrected chi connectivity index (χ2v) is 13.4. The summed E-state index contributed by atoms with van der Waals surface area (Å²) in [6.07, 6.45) is 1.80. The largest absolute Gasteiger partial charge is 0.444 e. The lowest BCUT2D eigenvalue weighted by Gasteiger charge is -2.31. The van der Waals surface area contributed by atoms with Crippen LogP contribution in [0.3, 0.4) is 0 Å². The van der Waals surface area contributed by atoms with Crippen molar-refractivity contribution in [2.24, 2.45) is 10.9 Å². The minimum Gasteiger partial charge on any atom is -0.444 e. The van der Waals surface area contributed by atoms with E-state index in [-0.39, 0.29) is 35.7 Å². The lowest BCUT2D eigenvalue weighted by Crippen LogP contribution is -2.49. The van der Waals surface area contributed by atoms with Crippen LogP contribution in [0.1, 0.15) is 97.3 Å². The van der Waals surface area contributed by atoms with E-state index in [1.165, 1.54) is 0 Å². The topological polar surface area (TPSA) is 156 Å². The Morgan fingerprint density at radius 3 is 2.14 bits per heavy atom. The Hall–Kier alpha value is -3.96. The number of fused-ring (bicyclic) bond motifs is 1. The number of guanidine groups is 1. The van der Waals surface area contributed by atoms with Crippen LogP contribution in [-0.4, -0.2) is 63.9 Å². The number of nitrogens with zero attached hydrogens (tertiary/aromatic N) is 3. The standard InChI is InChI=1S/C31H47N7O5/c1-18(2)17-32-26(39)25-33-21-15-14-19(3)16-20(21)24(36-25)34-22-12-10-11-13-23(22)35-27(37-28(40)42-30(4,5)6)38-29(41)43-31(7,8)9/h14-16,18,22-23H,10-13,17H2,1-9H3,(H,32,39)(H,33,34,36)(H2,35,37,38,40,41)/t22-,23+/m0/s1. The van der Waals surface area contributed by atoms with Gasteiger partial charge in [-0.05, 0) is 79.4 Å². The van der Waals surface area contributed by atoms with Gasteiger partial charge in [0.05, 0.1) is 17.6 Å². The number of ether oxygens (including phenoxy) is 2. The third-order valence-electron chi connectivity index (χ3n) is 6.31. The maximum absolute atomic E-state index is 12.9. The summed E-state index contributed by atoms with van der Waals surface area (Å²) in [5, 5.41) is 12.4. The van der Waals surface area contributed by atoms with E-state index in [9.17, 15) is 14.4 Å². The van der Waals surface area contributed by atoms with Gasteiger partial charge in [0, 0.05) is 11.9 Å². The van der Waals surface area contributed by atoms with Gasteiger partial charge in [0.2, 0.25) is 11.8 Å². The number of alkyl carbamates (subject to hydrolysis) is 2. The first-order valence-corrected chi connectivity index (χ1v) is 14.9. The highest BCUT2D eigenvalue weighted by atomic mass is 16.6. The molecule has 1 aliphatic rings. The predicted octanol–water partition coefficient (Wildman–Crippen LogP) is 5.45. The minimum absolute atomic E-state index is 0.0701. The van der Waals surface area contributed by atoms with Gasteiger partial charge >= 0.3 is 12.2 Å². The number of amides is 3. The summed E-state index contributed by atoms with van der Waals surface area (Å²) in [6.45, 7) is 17.0. The van der Waals surface area contributed by atoms with Gasteiger partial charge < -0.3 is 20.1 Å². The van der Waals surface area contributed by atoms with Gasteiger partial charge in [-0.3, -0.25) is 15.4 Å². The Kier molecular flexibility index (Phi) is 10.9. The zero-order valence-electron chi connectivity index (χ0n) is 26.9. The van der Waals surface area contributed by atoms with Crippen molar-refractivity contribution in [3.63, 3.8) is 0 Å². The van der Waals surface area contributed by atoms with E-state index in [0.717, 1.165) is 30.2 Å². The van der Waals surface area contributed by atoms with Gasteiger partial charge in [-0.15, -0.1) is 0 Å². The highest BCUT2D eigenvalue weighted by Crippen LogP contribution is 2.28. The quantitative estimate of drug-likeness (QED) is 0.253. The van der Waals surface area contributed by atoms with E-state index >= 15 is 0 Å². The van der Waals surface area contributed by atoms with Crippen molar-refractivity contribution in [1.29, 1.82) is 0 Å². The molecule has 12 nitrogen and oxygen atoms in total. The molecule has 0 spiro atoms. The molecule has 2 aromatic rings. The molecule has 12 heteroatoms. The lowest BCUT2D eigenvalue weighted by molar-refractivity contribution is 0.0544. The normalized spacial score (nSPS) is 17.2. The Labute approximate surface area is 254 Å². The zero-order valence-corrected chi connectivity index (χ0v) is 26.9. The van der Waals surface area contributed by atoms with Crippen LogP contribution in [0.5, 0.6) is 0 Å². The van der Waals surface area contributed by atoms with Crippen molar-refractivity contribution in [3.8, 4) is 0 Å². The van der Waals surface area contributed by atoms with E-state index in [4.69, 9.17) is 14.5 Å². The SMILES string of the molecule is Cc1ccc2nc(C(=O)NCC(C)C)nc(N[C@H]3CCCC[C@H]3N=C(NC(=O)OC(C)(C)C)NC(=O)OC(C)(C)C)c2c1. The fourth-order valence-electron chi connectivity index (χ4n) is 4.50. The molecule has 1 saturated carbocycles. The van der Waals surface area contributed by atoms with Gasteiger partial charge in [-0.1, -0.05) is 38.3 Å². The number of aromatic nitrogens is 2. The first-order chi connectivity index (χ1) is 20.0. The molecular weight excluding hydrogens is 550 g/mol. The van der Waals surface area contributed by atoms with Crippen molar-refractivity contribution >= 4 is 40.8 Å². The Bertz CT molecular complexity index is 1310. The molecule has 1 aromatic carbocycles. The molecule has 2 atom stereocenters. The Morgan fingerprint density at radius 1 is 0.953 bits per heavy atom. The maximum atomic E-state index is 12.9. The van der Waals surface area contributed by atoms with E-state index in [2.05, 4.69) is 31.2 Å². The number of carbonyl (C=O) groups is 3. The average Bonchev–Trinajstić information content (AvgIpc) is 2.86. The van der Waals surface area contributed by atoms with Crippen molar-refractivity contribution in [1.82, 2.24) is 25.9 Å². The van der Waals surface area contributed by atoms with Crippen LogP contribution in [0.15, 0.2) is 23.2 Å². The molecule has 1 heterocycles. The molecule has 1 aliphatic carbocycles. The van der Waals surface area contributed by atoms with Crippen LogP contribution in [0.25, 0.3) is 10.9 Å². The molecule has 0 radical (unpaired) electrons. The van der Waals surface area contributed by atoms with Crippen LogP contribution in [0.4, 0.5) is 15.4 Å². The van der Waals surface area contributed by atoms with Crippen molar-refractivity contribution in [2.45, 2.75) is 111 Å². The second-order valence-electron chi connectivity index (χ2n) is 13.4. The minimum atomic E-state index is -0.753. The van der Waals surface area contributed by atoms with Crippen LogP contribution in [-0.2, 0) is 9.47 Å². The molecular formula is C31H47N7O5. The predicted molar refractivity (Wildman–Crippen MR) is 167 cm³/mol. The molecule has 0 bridgehead atoms. The van der Waals surface area contributed by atoms with Gasteiger partial charge in [-0.2, -0.15) is 0 Å². The summed E-state index contributed by atoms with van der Waals surface area (Å²) >= 11 is 0. The monoisotopic (exact) mass is 597 g/mol. The molecule has 0 unspecified atom stereocenters. The van der Waals surface area contributed by atoms with Gasteiger partial charge in [0.15, 0.2) is 0 Å². The molecule has 0 saturated heterocycles. The zero-order chi connectivity index (χ0) is 31.9. The summed E-state index contributed by atoms with van der Waals surface area (Å²) < 4.78 is 10.8. The van der Waals surface area contributed by atoms with Crippen LogP contribution < -0.4 is 21.3 Å². The first kappa shape index (κ1) is 33.5. The number of rotatable bonds is 6. The number of anilines is 1.